The molecule has 0 radical (unpaired) electrons. The Balaban J connectivity index is 1.78. The average molecular weight is 504 g/mol. The van der Waals surface area contributed by atoms with Gasteiger partial charge in [-0.3, -0.25) is 14.6 Å². The van der Waals surface area contributed by atoms with E-state index in [0.717, 1.165) is 17.0 Å². The molecule has 0 atom stereocenters. The predicted molar refractivity (Wildman–Crippen MR) is 120 cm³/mol. The molecule has 0 spiro atoms. The van der Waals surface area contributed by atoms with E-state index >= 15 is 0 Å². The van der Waals surface area contributed by atoms with Gasteiger partial charge in [-0.15, -0.1) is 0 Å². The van der Waals surface area contributed by atoms with Crippen LogP contribution >= 0.6 is 12.2 Å². The normalized spacial score (nSPS) is 20.4. The molecule has 33 heavy (non-hydrogen) atoms. The molecule has 1 aromatic carbocycles. The molecule has 2 saturated heterocycles. The lowest BCUT2D eigenvalue weighted by molar-refractivity contribution is -0.137. The number of thiocarbonyl (C=S) groups is 1. The van der Waals surface area contributed by atoms with Gasteiger partial charge in [0, 0.05) is 39.3 Å². The lowest BCUT2D eigenvalue weighted by Crippen LogP contribution is -2.52. The highest BCUT2D eigenvalue weighted by molar-refractivity contribution is 7.88. The summed E-state index contributed by atoms with van der Waals surface area (Å²) in [5.74, 6) is -0.466. The van der Waals surface area contributed by atoms with Gasteiger partial charge in [0.15, 0.2) is 5.11 Å². The highest BCUT2D eigenvalue weighted by Crippen LogP contribution is 2.37. The van der Waals surface area contributed by atoms with Crippen molar-refractivity contribution >= 4 is 38.9 Å². The van der Waals surface area contributed by atoms with Gasteiger partial charge < -0.3 is 4.90 Å². The molecule has 180 valence electrons. The van der Waals surface area contributed by atoms with Crippen molar-refractivity contribution in [3.05, 3.63) is 29.3 Å². The second-order valence-corrected chi connectivity index (χ2v) is 10.8. The van der Waals surface area contributed by atoms with Gasteiger partial charge in [-0.2, -0.15) is 22.7 Å². The van der Waals surface area contributed by atoms with E-state index in [4.69, 9.17) is 17.5 Å². The highest BCUT2D eigenvalue weighted by atomic mass is 32.2. The van der Waals surface area contributed by atoms with Crippen LogP contribution in [0.3, 0.4) is 0 Å². The first kappa shape index (κ1) is 25.4. The average Bonchev–Trinajstić information content (AvgIpc) is 2.89. The standard InChI is InChI=1S/C20H24F3N5O3S2/c1-19(2)17(29)28(15-5-4-14(13-24)16(12-15)20(21,22)23)18(32)27(19)11-8-25-6-9-26(10-7-25)33(3,30)31/h4-5,12H,6-11H2,1-3H3. The summed E-state index contributed by atoms with van der Waals surface area (Å²) in [5.41, 5.74) is -2.79. The number of sulfonamides is 1. The van der Waals surface area contributed by atoms with Crippen molar-refractivity contribution in [3.8, 4) is 6.07 Å². The van der Waals surface area contributed by atoms with E-state index in [0.29, 0.717) is 39.3 Å². The van der Waals surface area contributed by atoms with Crippen molar-refractivity contribution in [2.75, 3.05) is 50.4 Å². The number of carbonyl (C=O) groups is 1. The zero-order valence-electron chi connectivity index (χ0n) is 18.4. The van der Waals surface area contributed by atoms with E-state index in [1.54, 1.807) is 18.7 Å². The molecule has 2 aliphatic rings. The minimum Gasteiger partial charge on any atom is -0.333 e. The molecule has 2 heterocycles. The molecular formula is C20H24F3N5O3S2. The van der Waals surface area contributed by atoms with Crippen molar-refractivity contribution in [3.63, 3.8) is 0 Å². The van der Waals surface area contributed by atoms with Crippen LogP contribution in [0.15, 0.2) is 18.2 Å². The summed E-state index contributed by atoms with van der Waals surface area (Å²) in [4.78, 5) is 17.9. The van der Waals surface area contributed by atoms with Crippen molar-refractivity contribution < 1.29 is 26.4 Å². The first-order valence-electron chi connectivity index (χ1n) is 10.1. The third kappa shape index (κ3) is 4.98. The molecule has 0 bridgehead atoms. The van der Waals surface area contributed by atoms with Crippen LogP contribution in [-0.4, -0.2) is 84.6 Å². The smallest absolute Gasteiger partial charge is 0.333 e. The molecule has 0 aliphatic carbocycles. The Morgan fingerprint density at radius 2 is 1.76 bits per heavy atom. The number of alkyl halides is 3. The van der Waals surface area contributed by atoms with E-state index < -0.39 is 38.8 Å². The Kier molecular flexibility index (Phi) is 6.78. The van der Waals surface area contributed by atoms with Gasteiger partial charge in [0.05, 0.1) is 29.1 Å². The van der Waals surface area contributed by atoms with Crippen molar-refractivity contribution in [2.45, 2.75) is 25.6 Å². The van der Waals surface area contributed by atoms with E-state index in [9.17, 15) is 26.4 Å². The predicted octanol–water partition coefficient (Wildman–Crippen LogP) is 1.87. The molecule has 0 N–H and O–H groups in total. The third-order valence-electron chi connectivity index (χ3n) is 5.95. The second-order valence-electron chi connectivity index (χ2n) is 8.48. The molecular weight excluding hydrogens is 479 g/mol. The van der Waals surface area contributed by atoms with Gasteiger partial charge in [-0.05, 0) is 44.3 Å². The summed E-state index contributed by atoms with van der Waals surface area (Å²) in [7, 11) is -3.25. The molecule has 3 rings (SSSR count). The monoisotopic (exact) mass is 503 g/mol. The summed E-state index contributed by atoms with van der Waals surface area (Å²) < 4.78 is 65.0. The number of nitrogens with zero attached hydrogens (tertiary/aromatic N) is 5. The van der Waals surface area contributed by atoms with Gasteiger partial charge >= 0.3 is 6.18 Å². The third-order valence-corrected chi connectivity index (χ3v) is 7.66. The second kappa shape index (κ2) is 8.83. The van der Waals surface area contributed by atoms with Crippen LogP contribution in [0.2, 0.25) is 0 Å². The van der Waals surface area contributed by atoms with Crippen LogP contribution < -0.4 is 4.90 Å². The number of amides is 1. The fraction of sp³-hybridized carbons (Fsp3) is 0.550. The summed E-state index contributed by atoms with van der Waals surface area (Å²) in [6, 6.07) is 4.61. The Bertz CT molecular complexity index is 1110. The lowest BCUT2D eigenvalue weighted by Gasteiger charge is -2.36. The number of anilines is 1. The minimum atomic E-state index is -4.76. The van der Waals surface area contributed by atoms with E-state index in [2.05, 4.69) is 4.90 Å². The summed E-state index contributed by atoms with van der Waals surface area (Å²) >= 11 is 5.48. The molecule has 13 heteroatoms. The van der Waals surface area contributed by atoms with E-state index in [1.165, 1.54) is 22.7 Å². The van der Waals surface area contributed by atoms with Gasteiger partial charge in [-0.1, -0.05) is 0 Å². The van der Waals surface area contributed by atoms with Crippen LogP contribution in [0.5, 0.6) is 0 Å². The number of halogens is 3. The Hall–Kier alpha value is -2.27. The molecule has 8 nitrogen and oxygen atoms in total. The minimum absolute atomic E-state index is 0.0475. The van der Waals surface area contributed by atoms with Gasteiger partial charge in [-0.25, -0.2) is 8.42 Å². The van der Waals surface area contributed by atoms with E-state index in [1.807, 2.05) is 0 Å². The summed E-state index contributed by atoms with van der Waals surface area (Å²) in [6.07, 6.45) is -3.59. The summed E-state index contributed by atoms with van der Waals surface area (Å²) in [6.45, 7) is 5.92. The number of nitriles is 1. The fourth-order valence-electron chi connectivity index (χ4n) is 3.97. The van der Waals surface area contributed by atoms with Crippen LogP contribution in [-0.2, 0) is 21.0 Å². The number of piperazine rings is 1. The largest absolute Gasteiger partial charge is 0.417 e. The first-order chi connectivity index (χ1) is 15.2. The van der Waals surface area contributed by atoms with Crippen molar-refractivity contribution in [2.24, 2.45) is 0 Å². The highest BCUT2D eigenvalue weighted by Gasteiger charge is 2.49. The maximum atomic E-state index is 13.4. The van der Waals surface area contributed by atoms with Gasteiger partial charge in [0.1, 0.15) is 5.54 Å². The first-order valence-corrected chi connectivity index (χ1v) is 12.4. The molecule has 1 aromatic rings. The van der Waals surface area contributed by atoms with Crippen LogP contribution in [0.1, 0.15) is 25.0 Å². The lowest BCUT2D eigenvalue weighted by atomic mass is 10.0. The molecule has 2 aliphatic heterocycles. The molecule has 0 unspecified atom stereocenters. The molecule has 2 fully saturated rings. The topological polar surface area (TPSA) is 88.0 Å². The zero-order valence-corrected chi connectivity index (χ0v) is 20.0. The quantitative estimate of drug-likeness (QED) is 0.567. The zero-order chi connectivity index (χ0) is 24.8. The van der Waals surface area contributed by atoms with Crippen molar-refractivity contribution in [1.82, 2.24) is 14.1 Å². The number of carbonyl (C=O) groups excluding carboxylic acids is 1. The van der Waals surface area contributed by atoms with Crippen LogP contribution in [0.4, 0.5) is 18.9 Å². The van der Waals surface area contributed by atoms with Gasteiger partial charge in [0.2, 0.25) is 10.0 Å². The summed E-state index contributed by atoms with van der Waals surface area (Å²) in [5, 5.41) is 9.10. The number of benzene rings is 1. The van der Waals surface area contributed by atoms with Crippen molar-refractivity contribution in [1.29, 1.82) is 5.26 Å². The maximum absolute atomic E-state index is 13.4. The van der Waals surface area contributed by atoms with E-state index in [-0.39, 0.29) is 10.8 Å². The number of rotatable bonds is 5. The Morgan fingerprint density at radius 1 is 1.15 bits per heavy atom. The molecule has 0 aromatic heterocycles. The van der Waals surface area contributed by atoms with Crippen LogP contribution in [0, 0.1) is 11.3 Å². The number of hydrogen-bond donors (Lipinski definition) is 0. The Labute approximate surface area is 196 Å². The number of hydrogen-bond acceptors (Lipinski definition) is 6. The van der Waals surface area contributed by atoms with Gasteiger partial charge in [0.25, 0.3) is 5.91 Å². The fourth-order valence-corrected chi connectivity index (χ4v) is 5.30. The molecule has 1 amide bonds. The Morgan fingerprint density at radius 3 is 2.27 bits per heavy atom. The van der Waals surface area contributed by atoms with Crippen LogP contribution in [0.25, 0.3) is 0 Å². The maximum Gasteiger partial charge on any atom is 0.417 e. The SMILES string of the molecule is CC1(C)C(=O)N(c2ccc(C#N)c(C(F)(F)F)c2)C(=S)N1CCN1CCN(S(C)(=O)=O)CC1. The molecule has 0 saturated carbocycles.